The van der Waals surface area contributed by atoms with Gasteiger partial charge >= 0.3 is 12.1 Å². The molecule has 19 heavy (non-hydrogen) atoms. The molecule has 108 valence electrons. The molecule has 0 amide bonds. The first-order valence-corrected chi connectivity index (χ1v) is 5.88. The van der Waals surface area contributed by atoms with E-state index in [2.05, 4.69) is 5.10 Å². The lowest BCUT2D eigenvalue weighted by Gasteiger charge is -2.23. The van der Waals surface area contributed by atoms with E-state index in [1.807, 2.05) is 0 Å². The number of aromatic nitrogens is 2. The van der Waals surface area contributed by atoms with Gasteiger partial charge in [0.25, 0.3) is 0 Å². The number of alkyl halides is 3. The zero-order chi connectivity index (χ0) is 15.0. The predicted octanol–water partition coefficient (Wildman–Crippen LogP) is 3.24. The molecule has 0 saturated heterocycles. The van der Waals surface area contributed by atoms with Crippen molar-refractivity contribution in [2.24, 2.45) is 0 Å². The van der Waals surface area contributed by atoms with Crippen molar-refractivity contribution < 1.29 is 23.1 Å². The molecule has 0 aliphatic rings. The summed E-state index contributed by atoms with van der Waals surface area (Å²) in [6.45, 7) is 6.75. The molecule has 1 aromatic rings. The second-order valence-electron chi connectivity index (χ2n) is 5.37. The highest BCUT2D eigenvalue weighted by molar-refractivity contribution is 5.71. The predicted molar refractivity (Wildman–Crippen MR) is 62.9 cm³/mol. The van der Waals surface area contributed by atoms with Crippen molar-refractivity contribution in [1.82, 2.24) is 9.78 Å². The van der Waals surface area contributed by atoms with E-state index in [1.54, 1.807) is 27.7 Å². The summed E-state index contributed by atoms with van der Waals surface area (Å²) in [6.07, 6.45) is -4.42. The molecule has 1 heterocycles. The van der Waals surface area contributed by atoms with Crippen molar-refractivity contribution in [3.05, 3.63) is 17.5 Å². The molecule has 1 aromatic heterocycles. The highest BCUT2D eigenvalue weighted by Crippen LogP contribution is 2.34. The van der Waals surface area contributed by atoms with Crippen LogP contribution in [0.4, 0.5) is 13.2 Å². The van der Waals surface area contributed by atoms with E-state index in [-0.39, 0.29) is 12.1 Å². The van der Waals surface area contributed by atoms with Crippen LogP contribution in [0.2, 0.25) is 0 Å². The van der Waals surface area contributed by atoms with E-state index in [4.69, 9.17) is 5.11 Å². The second kappa shape index (κ2) is 4.86. The summed E-state index contributed by atoms with van der Waals surface area (Å²) in [4.78, 5) is 11.1. The van der Waals surface area contributed by atoms with Crippen LogP contribution in [0, 0.1) is 0 Å². The smallest absolute Gasteiger partial charge is 0.435 e. The van der Waals surface area contributed by atoms with Gasteiger partial charge in [0, 0.05) is 11.1 Å². The lowest BCUT2D eigenvalue weighted by Crippen LogP contribution is -2.26. The fraction of sp³-hybridized carbons (Fsp3) is 0.667. The normalized spacial score (nSPS) is 14.5. The maximum atomic E-state index is 12.7. The molecule has 1 rings (SSSR count). The van der Waals surface area contributed by atoms with Crippen LogP contribution in [0.5, 0.6) is 0 Å². The number of halogens is 3. The summed E-state index contributed by atoms with van der Waals surface area (Å²) in [5.74, 6) is -1.19. The van der Waals surface area contributed by atoms with E-state index >= 15 is 0 Å². The molecule has 0 fully saturated rings. The molecular weight excluding hydrogens is 261 g/mol. The Morgan fingerprint density at radius 3 is 2.26 bits per heavy atom. The first kappa shape index (κ1) is 15.5. The van der Waals surface area contributed by atoms with Crippen molar-refractivity contribution >= 4 is 5.97 Å². The highest BCUT2D eigenvalue weighted by atomic mass is 19.4. The molecule has 0 aliphatic carbocycles. The first-order chi connectivity index (χ1) is 8.48. The molecule has 1 unspecified atom stereocenters. The van der Waals surface area contributed by atoms with Gasteiger partial charge < -0.3 is 5.11 Å². The topological polar surface area (TPSA) is 55.1 Å². The average molecular weight is 278 g/mol. The summed E-state index contributed by atoms with van der Waals surface area (Å²) in [5.41, 5.74) is -1.43. The molecule has 0 saturated carbocycles. The fourth-order valence-electron chi connectivity index (χ4n) is 1.78. The van der Waals surface area contributed by atoms with Crippen LogP contribution >= 0.6 is 0 Å². The summed E-state index contributed by atoms with van der Waals surface area (Å²) in [6, 6.07) is -0.170. The van der Waals surface area contributed by atoms with Gasteiger partial charge in [-0.25, -0.2) is 4.79 Å². The van der Waals surface area contributed by atoms with Crippen LogP contribution in [0.25, 0.3) is 0 Å². The molecule has 1 atom stereocenters. The van der Waals surface area contributed by atoms with E-state index in [0.717, 1.165) is 10.7 Å². The van der Waals surface area contributed by atoms with E-state index < -0.39 is 29.3 Å². The van der Waals surface area contributed by atoms with Crippen molar-refractivity contribution in [3.63, 3.8) is 0 Å². The second-order valence-corrected chi connectivity index (χ2v) is 5.37. The molecular formula is C12H17F3N2O2. The largest absolute Gasteiger partial charge is 0.480 e. The summed E-state index contributed by atoms with van der Waals surface area (Å²) < 4.78 is 39.1. The number of aliphatic carboxylic acids is 1. The standard InChI is InChI=1S/C12H17F3N2O2/c1-5-7(10(18)19)17-9(11(2,3)4)6-8(16-17)12(13,14)15/h6-7H,5H2,1-4H3,(H,18,19). The van der Waals surface area contributed by atoms with Crippen LogP contribution in [-0.4, -0.2) is 20.9 Å². The Bertz CT molecular complexity index is 472. The van der Waals surface area contributed by atoms with Crippen molar-refractivity contribution in [3.8, 4) is 0 Å². The van der Waals surface area contributed by atoms with Crippen LogP contribution < -0.4 is 0 Å². The molecule has 7 heteroatoms. The van der Waals surface area contributed by atoms with Gasteiger partial charge in [0.05, 0.1) is 0 Å². The Labute approximate surface area is 109 Å². The van der Waals surface area contributed by atoms with Gasteiger partial charge in [0.1, 0.15) is 6.04 Å². The zero-order valence-electron chi connectivity index (χ0n) is 11.2. The minimum Gasteiger partial charge on any atom is -0.480 e. The number of nitrogens with zero attached hydrogens (tertiary/aromatic N) is 2. The summed E-state index contributed by atoms with van der Waals surface area (Å²) >= 11 is 0. The Hall–Kier alpha value is -1.53. The van der Waals surface area contributed by atoms with Gasteiger partial charge in [-0.1, -0.05) is 27.7 Å². The van der Waals surface area contributed by atoms with E-state index in [0.29, 0.717) is 0 Å². The Kier molecular flexibility index (Phi) is 3.97. The summed E-state index contributed by atoms with van der Waals surface area (Å²) in [5, 5.41) is 12.5. The first-order valence-electron chi connectivity index (χ1n) is 5.88. The number of hydrogen-bond donors (Lipinski definition) is 1. The third kappa shape index (κ3) is 3.27. The monoisotopic (exact) mass is 278 g/mol. The molecule has 0 aromatic carbocycles. The van der Waals surface area contributed by atoms with Gasteiger partial charge in [-0.05, 0) is 12.5 Å². The molecule has 1 N–H and O–H groups in total. The van der Waals surface area contributed by atoms with Crippen LogP contribution in [0.1, 0.15) is 51.5 Å². The fourth-order valence-corrected chi connectivity index (χ4v) is 1.78. The Morgan fingerprint density at radius 2 is 1.95 bits per heavy atom. The minimum atomic E-state index is -4.58. The van der Waals surface area contributed by atoms with E-state index in [1.165, 1.54) is 0 Å². The van der Waals surface area contributed by atoms with Crippen LogP contribution in [-0.2, 0) is 16.4 Å². The van der Waals surface area contributed by atoms with Gasteiger partial charge in [0.2, 0.25) is 0 Å². The molecule has 0 bridgehead atoms. The van der Waals surface area contributed by atoms with Crippen molar-refractivity contribution in [2.75, 3.05) is 0 Å². The quantitative estimate of drug-likeness (QED) is 0.923. The van der Waals surface area contributed by atoms with E-state index in [9.17, 15) is 18.0 Å². The third-order valence-corrected chi connectivity index (χ3v) is 2.76. The highest BCUT2D eigenvalue weighted by Gasteiger charge is 2.38. The zero-order valence-corrected chi connectivity index (χ0v) is 11.2. The Balaban J connectivity index is 3.44. The number of carboxylic acid groups (broad SMARTS) is 1. The van der Waals surface area contributed by atoms with Crippen LogP contribution in [0.3, 0.4) is 0 Å². The maximum absolute atomic E-state index is 12.7. The van der Waals surface area contributed by atoms with Gasteiger partial charge in [0.15, 0.2) is 5.69 Å². The number of carboxylic acids is 1. The molecule has 4 nitrogen and oxygen atoms in total. The maximum Gasteiger partial charge on any atom is 0.435 e. The third-order valence-electron chi connectivity index (χ3n) is 2.76. The molecule has 0 aliphatic heterocycles. The van der Waals surface area contributed by atoms with Gasteiger partial charge in [-0.15, -0.1) is 0 Å². The molecule has 0 spiro atoms. The average Bonchev–Trinajstić information content (AvgIpc) is 2.61. The Morgan fingerprint density at radius 1 is 1.42 bits per heavy atom. The minimum absolute atomic E-state index is 0.164. The number of carbonyl (C=O) groups is 1. The van der Waals surface area contributed by atoms with Crippen molar-refractivity contribution in [2.45, 2.75) is 51.7 Å². The lowest BCUT2D eigenvalue weighted by molar-refractivity contribution is -0.144. The van der Waals surface area contributed by atoms with Crippen LogP contribution in [0.15, 0.2) is 6.07 Å². The SMILES string of the molecule is CCC(C(=O)O)n1nc(C(F)(F)F)cc1C(C)(C)C. The lowest BCUT2D eigenvalue weighted by atomic mass is 9.91. The number of hydrogen-bond acceptors (Lipinski definition) is 2. The summed E-state index contributed by atoms with van der Waals surface area (Å²) in [7, 11) is 0. The molecule has 0 radical (unpaired) electrons. The number of rotatable bonds is 3. The van der Waals surface area contributed by atoms with Crippen molar-refractivity contribution in [1.29, 1.82) is 0 Å². The van der Waals surface area contributed by atoms with Gasteiger partial charge in [-0.3, -0.25) is 4.68 Å². The van der Waals surface area contributed by atoms with Gasteiger partial charge in [-0.2, -0.15) is 18.3 Å².